The van der Waals surface area contributed by atoms with Gasteiger partial charge in [-0.15, -0.1) is 5.10 Å². The van der Waals surface area contributed by atoms with Crippen LogP contribution in [0.1, 0.15) is 48.5 Å². The van der Waals surface area contributed by atoms with E-state index in [0.29, 0.717) is 18.4 Å². The van der Waals surface area contributed by atoms with E-state index in [1.807, 2.05) is 20.8 Å². The van der Waals surface area contributed by atoms with E-state index < -0.39 is 11.7 Å². The van der Waals surface area contributed by atoms with Gasteiger partial charge in [0.1, 0.15) is 5.60 Å². The van der Waals surface area contributed by atoms with Crippen molar-refractivity contribution in [2.24, 2.45) is 16.7 Å². The van der Waals surface area contributed by atoms with E-state index >= 15 is 0 Å². The molecule has 118 valence electrons. The molecule has 0 spiro atoms. The number of rotatable bonds is 3. The molecule has 0 bridgehead atoms. The number of carbonyl (C=O) groups is 1. The van der Waals surface area contributed by atoms with Crippen molar-refractivity contribution in [3.63, 3.8) is 0 Å². The van der Waals surface area contributed by atoms with Gasteiger partial charge < -0.3 is 9.47 Å². The maximum absolute atomic E-state index is 11.9. The van der Waals surface area contributed by atoms with Crippen molar-refractivity contribution in [3.8, 4) is 5.88 Å². The van der Waals surface area contributed by atoms with Crippen molar-refractivity contribution >= 4 is 6.09 Å². The third-order valence-corrected chi connectivity index (χ3v) is 5.09. The Morgan fingerprint density at radius 2 is 1.95 bits per heavy atom. The first-order valence-electron chi connectivity index (χ1n) is 7.39. The van der Waals surface area contributed by atoms with Crippen molar-refractivity contribution in [1.29, 1.82) is 0 Å². The lowest BCUT2D eigenvalue weighted by atomic mass is 9.99. The van der Waals surface area contributed by atoms with Crippen LogP contribution in [0, 0.1) is 16.7 Å². The normalized spacial score (nSPS) is 27.3. The molecule has 0 saturated heterocycles. The smallest absolute Gasteiger partial charge is 0.435 e. The number of carbonyl (C=O) groups excluding carboxylic acids is 1. The van der Waals surface area contributed by atoms with Gasteiger partial charge in [0.25, 0.3) is 0 Å². The molecule has 1 aliphatic rings. The summed E-state index contributed by atoms with van der Waals surface area (Å²) in [4.78, 5) is 11.9. The number of aromatic nitrogens is 2. The fourth-order valence-corrected chi connectivity index (χ4v) is 2.71. The van der Waals surface area contributed by atoms with Gasteiger partial charge in [-0.2, -0.15) is 4.68 Å². The minimum Gasteiger partial charge on any atom is -0.476 e. The molecular weight excluding hydrogens is 268 g/mol. The Hall–Kier alpha value is -1.52. The summed E-state index contributed by atoms with van der Waals surface area (Å²) in [5, 5.41) is 4.12. The van der Waals surface area contributed by atoms with E-state index in [-0.39, 0.29) is 10.8 Å². The molecule has 1 aliphatic carbocycles. The quantitative estimate of drug-likeness (QED) is 0.852. The van der Waals surface area contributed by atoms with Gasteiger partial charge in [-0.25, -0.2) is 4.79 Å². The minimum atomic E-state index is -0.537. The van der Waals surface area contributed by atoms with Crippen molar-refractivity contribution in [3.05, 3.63) is 12.3 Å². The molecule has 1 heterocycles. The molecule has 1 saturated carbocycles. The standard InChI is InChI=1S/C16H26N2O3/c1-11-15(5,6)16(11,7)10-20-12-8-9-18(17-12)13(19)21-14(2,3)4/h8-9,11H,10H2,1-7H3. The minimum absolute atomic E-state index is 0.155. The van der Waals surface area contributed by atoms with Crippen LogP contribution >= 0.6 is 0 Å². The lowest BCUT2D eigenvalue weighted by Gasteiger charge is -2.18. The van der Waals surface area contributed by atoms with E-state index in [0.717, 1.165) is 0 Å². The number of hydrogen-bond donors (Lipinski definition) is 0. The summed E-state index contributed by atoms with van der Waals surface area (Å²) in [6.45, 7) is 15.0. The number of ether oxygens (including phenoxy) is 2. The molecular formula is C16H26N2O3. The average Bonchev–Trinajstić information content (AvgIpc) is 2.76. The maximum Gasteiger partial charge on any atom is 0.435 e. The molecule has 0 amide bonds. The van der Waals surface area contributed by atoms with Crippen molar-refractivity contribution < 1.29 is 14.3 Å². The second-order valence-corrected chi connectivity index (χ2v) is 7.73. The number of nitrogens with zero attached hydrogens (tertiary/aromatic N) is 2. The third kappa shape index (κ3) is 2.92. The molecule has 0 aliphatic heterocycles. The predicted octanol–water partition coefficient (Wildman–Crippen LogP) is 3.73. The van der Waals surface area contributed by atoms with Crippen LogP contribution in [-0.2, 0) is 4.74 Å². The van der Waals surface area contributed by atoms with Crippen LogP contribution in [-0.4, -0.2) is 28.1 Å². The summed E-state index contributed by atoms with van der Waals surface area (Å²) in [6, 6.07) is 1.69. The molecule has 2 atom stereocenters. The van der Waals surface area contributed by atoms with Crippen LogP contribution in [0.25, 0.3) is 0 Å². The average molecular weight is 294 g/mol. The second kappa shape index (κ2) is 4.75. The van der Waals surface area contributed by atoms with Crippen LogP contribution < -0.4 is 4.74 Å². The molecule has 21 heavy (non-hydrogen) atoms. The lowest BCUT2D eigenvalue weighted by molar-refractivity contribution is 0.0511. The molecule has 1 aromatic heterocycles. The van der Waals surface area contributed by atoms with Crippen LogP contribution in [0.5, 0.6) is 5.88 Å². The third-order valence-electron chi connectivity index (χ3n) is 5.09. The van der Waals surface area contributed by atoms with Crippen LogP contribution in [0.4, 0.5) is 4.79 Å². The summed E-state index contributed by atoms with van der Waals surface area (Å²) >= 11 is 0. The van der Waals surface area contributed by atoms with Crippen molar-refractivity contribution in [1.82, 2.24) is 9.78 Å². The summed E-state index contributed by atoms with van der Waals surface area (Å²) in [7, 11) is 0. The van der Waals surface area contributed by atoms with E-state index in [4.69, 9.17) is 9.47 Å². The Morgan fingerprint density at radius 1 is 1.38 bits per heavy atom. The van der Waals surface area contributed by atoms with Gasteiger partial charge in [-0.3, -0.25) is 0 Å². The van der Waals surface area contributed by atoms with Gasteiger partial charge in [0.15, 0.2) is 0 Å². The highest BCUT2D eigenvalue weighted by molar-refractivity contribution is 5.69. The molecule has 0 N–H and O–H groups in total. The molecule has 1 aromatic rings. The van der Waals surface area contributed by atoms with Crippen molar-refractivity contribution in [2.45, 2.75) is 54.1 Å². The SMILES string of the molecule is CC1C(C)(C)C1(C)COc1ccn(C(=O)OC(C)(C)C)n1. The summed E-state index contributed by atoms with van der Waals surface area (Å²) in [5.41, 5.74) is -0.103. The highest BCUT2D eigenvalue weighted by atomic mass is 16.6. The monoisotopic (exact) mass is 294 g/mol. The number of hydrogen-bond acceptors (Lipinski definition) is 4. The van der Waals surface area contributed by atoms with E-state index in [2.05, 4.69) is 32.8 Å². The molecule has 5 nitrogen and oxygen atoms in total. The van der Waals surface area contributed by atoms with Gasteiger partial charge in [-0.1, -0.05) is 27.7 Å². The molecule has 0 aromatic carbocycles. The zero-order chi connectivity index (χ0) is 16.1. The van der Waals surface area contributed by atoms with Gasteiger partial charge >= 0.3 is 6.09 Å². The maximum atomic E-state index is 11.9. The Kier molecular flexibility index (Phi) is 3.59. The first-order chi connectivity index (χ1) is 9.47. The van der Waals surface area contributed by atoms with Crippen LogP contribution in [0.3, 0.4) is 0 Å². The van der Waals surface area contributed by atoms with Crippen molar-refractivity contribution in [2.75, 3.05) is 6.61 Å². The van der Waals surface area contributed by atoms with Gasteiger partial charge in [0, 0.05) is 17.7 Å². The Bertz CT molecular complexity index is 542. The summed E-state index contributed by atoms with van der Waals surface area (Å²) in [5.74, 6) is 1.06. The zero-order valence-corrected chi connectivity index (χ0v) is 14.1. The molecule has 5 heteroatoms. The molecule has 0 radical (unpaired) electrons. The first kappa shape index (κ1) is 15.9. The topological polar surface area (TPSA) is 53.4 Å². The van der Waals surface area contributed by atoms with E-state index in [9.17, 15) is 4.79 Å². The lowest BCUT2D eigenvalue weighted by Crippen LogP contribution is -2.27. The van der Waals surface area contributed by atoms with Gasteiger partial charge in [0.2, 0.25) is 5.88 Å². The highest BCUT2D eigenvalue weighted by Gasteiger charge is 2.65. The summed E-state index contributed by atoms with van der Waals surface area (Å²) < 4.78 is 12.2. The fourth-order valence-electron chi connectivity index (χ4n) is 2.71. The Labute approximate surface area is 126 Å². The Morgan fingerprint density at radius 3 is 2.43 bits per heavy atom. The van der Waals surface area contributed by atoms with Crippen LogP contribution in [0.2, 0.25) is 0 Å². The second-order valence-electron chi connectivity index (χ2n) is 7.73. The molecule has 2 unspecified atom stereocenters. The predicted molar refractivity (Wildman–Crippen MR) is 80.4 cm³/mol. The Balaban J connectivity index is 1.94. The van der Waals surface area contributed by atoms with Gasteiger partial charge in [-0.05, 0) is 32.1 Å². The fraction of sp³-hybridized carbons (Fsp3) is 0.750. The molecule has 1 fully saturated rings. The van der Waals surface area contributed by atoms with Crippen LogP contribution in [0.15, 0.2) is 12.3 Å². The molecule has 2 rings (SSSR count). The first-order valence-corrected chi connectivity index (χ1v) is 7.39. The van der Waals surface area contributed by atoms with Gasteiger partial charge in [0.05, 0.1) is 6.61 Å². The largest absolute Gasteiger partial charge is 0.476 e. The summed E-state index contributed by atoms with van der Waals surface area (Å²) in [6.07, 6.45) is 1.07. The van der Waals surface area contributed by atoms with E-state index in [1.165, 1.54) is 4.68 Å². The zero-order valence-electron chi connectivity index (χ0n) is 14.1. The van der Waals surface area contributed by atoms with E-state index in [1.54, 1.807) is 12.3 Å². The highest BCUT2D eigenvalue weighted by Crippen LogP contribution is 2.68.